The SMILES string of the molecule is COc1ccc(-c2c3c(=O)n(C)c(=O)n(C)c3cn2Cc2ccc(Cl)cc2)cc1. The van der Waals surface area contributed by atoms with Crippen molar-refractivity contribution in [2.75, 3.05) is 7.11 Å². The first-order chi connectivity index (χ1) is 13.9. The number of benzene rings is 2. The topological polar surface area (TPSA) is 58.2 Å². The maximum Gasteiger partial charge on any atom is 0.330 e. The first kappa shape index (κ1) is 19.1. The molecule has 29 heavy (non-hydrogen) atoms. The monoisotopic (exact) mass is 409 g/mol. The average molecular weight is 410 g/mol. The summed E-state index contributed by atoms with van der Waals surface area (Å²) in [7, 11) is 4.78. The van der Waals surface area contributed by atoms with Gasteiger partial charge in [0, 0.05) is 31.9 Å². The van der Waals surface area contributed by atoms with Crippen molar-refractivity contribution in [1.29, 1.82) is 0 Å². The third-order valence-corrected chi connectivity index (χ3v) is 5.39. The third kappa shape index (κ3) is 3.25. The molecule has 0 unspecified atom stereocenters. The van der Waals surface area contributed by atoms with E-state index >= 15 is 0 Å². The predicted octanol–water partition coefficient (Wildman–Crippen LogP) is 3.42. The van der Waals surface area contributed by atoms with Crippen LogP contribution >= 0.6 is 11.6 Å². The molecule has 0 N–H and O–H groups in total. The molecule has 2 aromatic heterocycles. The summed E-state index contributed by atoms with van der Waals surface area (Å²) in [5.41, 5.74) is 2.58. The van der Waals surface area contributed by atoms with Crippen molar-refractivity contribution in [1.82, 2.24) is 13.7 Å². The molecule has 6 nitrogen and oxygen atoms in total. The molecule has 0 saturated heterocycles. The largest absolute Gasteiger partial charge is 0.497 e. The lowest BCUT2D eigenvalue weighted by atomic mass is 10.1. The minimum atomic E-state index is -0.354. The Kier molecular flexibility index (Phi) is 4.80. The van der Waals surface area contributed by atoms with Crippen LogP contribution in [0.1, 0.15) is 5.56 Å². The van der Waals surface area contributed by atoms with Crippen molar-refractivity contribution >= 4 is 22.5 Å². The minimum absolute atomic E-state index is 0.316. The van der Waals surface area contributed by atoms with E-state index in [9.17, 15) is 9.59 Å². The lowest BCUT2D eigenvalue weighted by Crippen LogP contribution is -2.36. The molecule has 0 radical (unpaired) electrons. The van der Waals surface area contributed by atoms with Crippen LogP contribution in [0.15, 0.2) is 64.3 Å². The van der Waals surface area contributed by atoms with Gasteiger partial charge in [0.2, 0.25) is 0 Å². The van der Waals surface area contributed by atoms with E-state index in [-0.39, 0.29) is 11.2 Å². The second-order valence-electron chi connectivity index (χ2n) is 6.93. The van der Waals surface area contributed by atoms with Crippen LogP contribution in [0.2, 0.25) is 5.02 Å². The minimum Gasteiger partial charge on any atom is -0.497 e. The number of aromatic nitrogens is 3. The number of hydrogen-bond acceptors (Lipinski definition) is 3. The number of nitrogens with zero attached hydrogens (tertiary/aromatic N) is 3. The molecule has 4 rings (SSSR count). The molecule has 2 heterocycles. The highest BCUT2D eigenvalue weighted by atomic mass is 35.5. The molecule has 0 saturated carbocycles. The van der Waals surface area contributed by atoms with Gasteiger partial charge in [-0.1, -0.05) is 23.7 Å². The number of rotatable bonds is 4. The fourth-order valence-corrected chi connectivity index (χ4v) is 3.69. The molecule has 148 valence electrons. The molecule has 0 fully saturated rings. The van der Waals surface area contributed by atoms with Crippen LogP contribution < -0.4 is 16.0 Å². The summed E-state index contributed by atoms with van der Waals surface area (Å²) in [4.78, 5) is 25.4. The van der Waals surface area contributed by atoms with E-state index in [1.807, 2.05) is 59.3 Å². The van der Waals surface area contributed by atoms with E-state index in [1.165, 1.54) is 11.6 Å². The van der Waals surface area contributed by atoms with Gasteiger partial charge in [-0.3, -0.25) is 13.9 Å². The van der Waals surface area contributed by atoms with E-state index in [2.05, 4.69) is 0 Å². The molecule has 2 aromatic carbocycles. The number of halogens is 1. The van der Waals surface area contributed by atoms with Gasteiger partial charge in [0.05, 0.1) is 23.7 Å². The van der Waals surface area contributed by atoms with Crippen LogP contribution in [0.4, 0.5) is 0 Å². The lowest BCUT2D eigenvalue weighted by molar-refractivity contribution is 0.415. The van der Waals surface area contributed by atoms with Gasteiger partial charge in [0.15, 0.2) is 0 Å². The highest BCUT2D eigenvalue weighted by molar-refractivity contribution is 6.30. The van der Waals surface area contributed by atoms with Gasteiger partial charge >= 0.3 is 5.69 Å². The van der Waals surface area contributed by atoms with Crippen molar-refractivity contribution < 1.29 is 4.74 Å². The van der Waals surface area contributed by atoms with Crippen LogP contribution in [0, 0.1) is 0 Å². The Bertz CT molecular complexity index is 1310. The number of ether oxygens (including phenoxy) is 1. The van der Waals surface area contributed by atoms with Crippen molar-refractivity contribution in [3.05, 3.63) is 86.2 Å². The summed E-state index contributed by atoms with van der Waals surface area (Å²) in [5, 5.41) is 1.17. The first-order valence-corrected chi connectivity index (χ1v) is 9.46. The van der Waals surface area contributed by atoms with E-state index in [0.29, 0.717) is 22.5 Å². The lowest BCUT2D eigenvalue weighted by Gasteiger charge is -2.11. The number of aryl methyl sites for hydroxylation is 1. The highest BCUT2D eigenvalue weighted by Gasteiger charge is 2.19. The Balaban J connectivity index is 2.01. The van der Waals surface area contributed by atoms with Gasteiger partial charge < -0.3 is 9.30 Å². The van der Waals surface area contributed by atoms with Gasteiger partial charge in [-0.2, -0.15) is 0 Å². The smallest absolute Gasteiger partial charge is 0.330 e. The maximum absolute atomic E-state index is 13.0. The van der Waals surface area contributed by atoms with E-state index in [1.54, 1.807) is 14.2 Å². The molecule has 0 amide bonds. The van der Waals surface area contributed by atoms with E-state index in [0.717, 1.165) is 27.1 Å². The quantitative estimate of drug-likeness (QED) is 0.519. The van der Waals surface area contributed by atoms with Crippen molar-refractivity contribution in [2.24, 2.45) is 14.1 Å². The number of fused-ring (bicyclic) bond motifs is 1. The van der Waals surface area contributed by atoms with Crippen LogP contribution in [0.25, 0.3) is 22.2 Å². The molecule has 0 atom stereocenters. The van der Waals surface area contributed by atoms with Gasteiger partial charge in [0.1, 0.15) is 5.75 Å². The normalized spacial score (nSPS) is 11.2. The standard InChI is InChI=1S/C22H20ClN3O3/c1-24-18-13-26(12-14-4-8-16(23)9-5-14)20(15-6-10-17(29-3)11-7-15)19(18)21(27)25(2)22(24)28/h4-11,13H,12H2,1-3H3. The van der Waals surface area contributed by atoms with Crippen molar-refractivity contribution in [2.45, 2.75) is 6.54 Å². The van der Waals surface area contributed by atoms with Crippen LogP contribution in [-0.2, 0) is 20.6 Å². The molecular weight excluding hydrogens is 390 g/mol. The molecular formula is C22H20ClN3O3. The molecule has 0 spiro atoms. The number of methoxy groups -OCH3 is 1. The fraction of sp³-hybridized carbons (Fsp3) is 0.182. The Hall–Kier alpha value is -3.25. The van der Waals surface area contributed by atoms with Crippen LogP contribution in [0.5, 0.6) is 5.75 Å². The third-order valence-electron chi connectivity index (χ3n) is 5.14. The Morgan fingerprint density at radius 2 is 1.59 bits per heavy atom. The molecule has 4 aromatic rings. The average Bonchev–Trinajstić information content (AvgIpc) is 3.11. The van der Waals surface area contributed by atoms with Gasteiger partial charge in [-0.25, -0.2) is 4.79 Å². The second-order valence-corrected chi connectivity index (χ2v) is 7.36. The second kappa shape index (κ2) is 7.29. The number of hydrogen-bond donors (Lipinski definition) is 0. The molecule has 0 aliphatic rings. The van der Waals surface area contributed by atoms with Gasteiger partial charge in [-0.15, -0.1) is 0 Å². The summed E-state index contributed by atoms with van der Waals surface area (Å²) >= 11 is 6.01. The zero-order valence-electron chi connectivity index (χ0n) is 16.3. The van der Waals surface area contributed by atoms with Crippen LogP contribution in [-0.4, -0.2) is 20.8 Å². The first-order valence-electron chi connectivity index (χ1n) is 9.08. The Morgan fingerprint density at radius 1 is 0.931 bits per heavy atom. The zero-order chi connectivity index (χ0) is 20.7. The molecule has 0 bridgehead atoms. The maximum atomic E-state index is 13.0. The molecule has 0 aliphatic carbocycles. The van der Waals surface area contributed by atoms with E-state index in [4.69, 9.17) is 16.3 Å². The zero-order valence-corrected chi connectivity index (χ0v) is 17.1. The van der Waals surface area contributed by atoms with Crippen LogP contribution in [0.3, 0.4) is 0 Å². The van der Waals surface area contributed by atoms with Gasteiger partial charge in [-0.05, 0) is 47.5 Å². The summed E-state index contributed by atoms with van der Waals surface area (Å²) in [5.74, 6) is 0.731. The highest BCUT2D eigenvalue weighted by Crippen LogP contribution is 2.30. The summed E-state index contributed by atoms with van der Waals surface area (Å²) in [6, 6.07) is 15.1. The van der Waals surface area contributed by atoms with Crippen molar-refractivity contribution in [3.63, 3.8) is 0 Å². The summed E-state index contributed by atoms with van der Waals surface area (Å²) < 4.78 is 9.90. The van der Waals surface area contributed by atoms with Crippen molar-refractivity contribution in [3.8, 4) is 17.0 Å². The summed E-state index contributed by atoms with van der Waals surface area (Å²) in [6.45, 7) is 0.532. The van der Waals surface area contributed by atoms with Gasteiger partial charge in [0.25, 0.3) is 5.56 Å². The van der Waals surface area contributed by atoms with E-state index < -0.39 is 0 Å². The summed E-state index contributed by atoms with van der Waals surface area (Å²) in [6.07, 6.45) is 1.85. The Labute approximate surface area is 172 Å². The fourth-order valence-electron chi connectivity index (χ4n) is 3.56. The predicted molar refractivity (Wildman–Crippen MR) is 115 cm³/mol. The molecule has 0 aliphatic heterocycles. The molecule has 7 heteroatoms. The Morgan fingerprint density at radius 3 is 2.21 bits per heavy atom.